The fraction of sp³-hybridized carbons (Fsp3) is 0.778. The van der Waals surface area contributed by atoms with Gasteiger partial charge in [0.15, 0.2) is 18.5 Å². The molecule has 30 heavy (non-hydrogen) atoms. The molecule has 1 rings (SSSR count). The zero-order valence-electron chi connectivity index (χ0n) is 17.4. The molecule has 0 aromatic heterocycles. The molecule has 0 radical (unpaired) electrons. The Kier molecular flexibility index (Phi) is 11.6. The molecule has 1 fully saturated rings. The highest BCUT2D eigenvalue weighted by Gasteiger charge is 2.51. The molecule has 1 heterocycles. The highest BCUT2D eigenvalue weighted by atomic mass is 35.5. The molecule has 0 unspecified atom stereocenters. The van der Waals surface area contributed by atoms with Crippen molar-refractivity contribution in [1.29, 1.82) is 0 Å². The molecule has 1 aliphatic rings. The van der Waals surface area contributed by atoms with E-state index in [1.807, 2.05) is 0 Å². The van der Waals surface area contributed by atoms with Crippen LogP contribution in [-0.2, 0) is 47.6 Å². The monoisotopic (exact) mass is 453 g/mol. The Bertz CT molecular complexity index is 602. The van der Waals surface area contributed by atoms with Crippen LogP contribution in [0.25, 0.3) is 0 Å². The van der Waals surface area contributed by atoms with Crippen molar-refractivity contribution in [2.24, 2.45) is 0 Å². The van der Waals surface area contributed by atoms with Gasteiger partial charge < -0.3 is 33.7 Å². The first-order valence-electron chi connectivity index (χ1n) is 9.31. The number of esters is 3. The summed E-state index contributed by atoms with van der Waals surface area (Å²) in [5, 5.41) is 2.60. The second-order valence-electron chi connectivity index (χ2n) is 6.39. The van der Waals surface area contributed by atoms with Crippen molar-refractivity contribution in [2.75, 3.05) is 32.3 Å². The van der Waals surface area contributed by atoms with Gasteiger partial charge in [-0.1, -0.05) is 0 Å². The largest absolute Gasteiger partial charge is 0.463 e. The number of halogens is 1. The third-order valence-corrected chi connectivity index (χ3v) is 3.96. The van der Waals surface area contributed by atoms with Crippen LogP contribution in [0.4, 0.5) is 0 Å². The summed E-state index contributed by atoms with van der Waals surface area (Å²) in [6.07, 6.45) is -4.43. The summed E-state index contributed by atoms with van der Waals surface area (Å²) < 4.78 is 32.4. The van der Waals surface area contributed by atoms with Crippen molar-refractivity contribution in [3.8, 4) is 0 Å². The van der Waals surface area contributed by atoms with Crippen LogP contribution in [0.3, 0.4) is 0 Å². The van der Waals surface area contributed by atoms with Crippen LogP contribution in [0.2, 0.25) is 0 Å². The molecule has 0 saturated carbocycles. The number of carbonyl (C=O) groups excluding carboxylic acids is 4. The van der Waals surface area contributed by atoms with Crippen LogP contribution in [-0.4, -0.2) is 86.8 Å². The predicted molar refractivity (Wildman–Crippen MR) is 101 cm³/mol. The first-order valence-corrected chi connectivity index (χ1v) is 9.84. The molecule has 11 nitrogen and oxygen atoms in total. The molecular weight excluding hydrogens is 426 g/mol. The van der Waals surface area contributed by atoms with Crippen LogP contribution >= 0.6 is 11.6 Å². The third kappa shape index (κ3) is 9.24. The van der Waals surface area contributed by atoms with Gasteiger partial charge in [0.05, 0.1) is 19.8 Å². The second-order valence-corrected chi connectivity index (χ2v) is 6.77. The number of amides is 1. The molecule has 1 aliphatic heterocycles. The number of rotatable bonds is 11. The summed E-state index contributed by atoms with van der Waals surface area (Å²) >= 11 is 5.54. The van der Waals surface area contributed by atoms with E-state index in [1.54, 1.807) is 0 Å². The number of carbonyl (C=O) groups is 4. The lowest BCUT2D eigenvalue weighted by Gasteiger charge is -2.44. The maximum Gasteiger partial charge on any atom is 0.303 e. The van der Waals surface area contributed by atoms with E-state index in [0.717, 1.165) is 6.92 Å². The van der Waals surface area contributed by atoms with Crippen molar-refractivity contribution in [1.82, 2.24) is 5.32 Å². The van der Waals surface area contributed by atoms with Crippen molar-refractivity contribution in [2.45, 2.75) is 58.3 Å². The number of alkyl halides is 1. The number of ether oxygens (including phenoxy) is 6. The van der Waals surface area contributed by atoms with Crippen molar-refractivity contribution < 1.29 is 47.6 Å². The minimum absolute atomic E-state index is 0.0724. The van der Waals surface area contributed by atoms with Gasteiger partial charge in [-0.15, -0.1) is 11.6 Å². The molecule has 0 spiro atoms. The van der Waals surface area contributed by atoms with Crippen LogP contribution in [0, 0.1) is 0 Å². The Labute approximate surface area is 179 Å². The zero-order chi connectivity index (χ0) is 22.7. The first-order chi connectivity index (χ1) is 14.1. The number of hydrogen-bond donors (Lipinski definition) is 1. The van der Waals surface area contributed by atoms with Crippen LogP contribution in [0.5, 0.6) is 0 Å². The SMILES string of the molecule is CC(=O)N[C@@H]1[C@H](OCCOCCCl)O[C@H](COC(C)=O)[C@@H](OC(C)=O)[C@H]1OC(C)=O. The van der Waals surface area contributed by atoms with E-state index in [4.69, 9.17) is 40.0 Å². The van der Waals surface area contributed by atoms with Gasteiger partial charge in [0.25, 0.3) is 0 Å². The second kappa shape index (κ2) is 13.4. The molecule has 5 atom stereocenters. The molecule has 1 saturated heterocycles. The lowest BCUT2D eigenvalue weighted by atomic mass is 9.96. The first kappa shape index (κ1) is 26.1. The maximum atomic E-state index is 11.8. The fourth-order valence-corrected chi connectivity index (χ4v) is 2.92. The standard InChI is InChI=1S/C18H28ClNO10/c1-10(21)20-15-17(29-13(4)24)16(28-12(3)23)14(9-27-11(2)22)30-18(15)26-8-7-25-6-5-19/h14-18H,5-9H2,1-4H3,(H,20,21)/t14-,15+,16-,17+,18-/m1/s1. The van der Waals surface area contributed by atoms with Crippen molar-refractivity contribution >= 4 is 35.4 Å². The van der Waals surface area contributed by atoms with E-state index >= 15 is 0 Å². The Balaban J connectivity index is 3.13. The lowest BCUT2D eigenvalue weighted by Crippen LogP contribution is -2.66. The van der Waals surface area contributed by atoms with Gasteiger partial charge in [-0.2, -0.15) is 0 Å². The van der Waals surface area contributed by atoms with Gasteiger partial charge in [-0.05, 0) is 0 Å². The van der Waals surface area contributed by atoms with E-state index in [9.17, 15) is 19.2 Å². The fourth-order valence-electron chi connectivity index (χ4n) is 2.81. The van der Waals surface area contributed by atoms with Gasteiger partial charge in [0, 0.05) is 33.6 Å². The Morgan fingerprint density at radius 1 is 0.900 bits per heavy atom. The summed E-state index contributed by atoms with van der Waals surface area (Å²) in [5.41, 5.74) is 0. The third-order valence-electron chi connectivity index (χ3n) is 3.80. The van der Waals surface area contributed by atoms with Crippen LogP contribution in [0.15, 0.2) is 0 Å². The minimum atomic E-state index is -1.16. The molecular formula is C18H28ClNO10. The summed E-state index contributed by atoms with van der Waals surface area (Å²) in [6, 6.07) is -1.00. The minimum Gasteiger partial charge on any atom is -0.463 e. The van der Waals surface area contributed by atoms with Crippen molar-refractivity contribution in [3.05, 3.63) is 0 Å². The summed E-state index contributed by atoms with van der Waals surface area (Å²) in [6.45, 7) is 5.10. The molecule has 0 aromatic carbocycles. The predicted octanol–water partition coefficient (Wildman–Crippen LogP) is -0.0855. The molecule has 0 bridgehead atoms. The van der Waals surface area contributed by atoms with E-state index in [-0.39, 0.29) is 19.8 Å². The molecule has 172 valence electrons. The van der Waals surface area contributed by atoms with Gasteiger partial charge in [0.2, 0.25) is 5.91 Å². The quantitative estimate of drug-likeness (QED) is 0.196. The summed E-state index contributed by atoms with van der Waals surface area (Å²) in [4.78, 5) is 46.4. The molecule has 0 aliphatic carbocycles. The molecule has 12 heteroatoms. The number of hydrogen-bond acceptors (Lipinski definition) is 10. The van der Waals surface area contributed by atoms with E-state index in [2.05, 4.69) is 5.32 Å². The summed E-state index contributed by atoms with van der Waals surface area (Å²) in [7, 11) is 0. The zero-order valence-corrected chi connectivity index (χ0v) is 18.1. The smallest absolute Gasteiger partial charge is 0.303 e. The van der Waals surface area contributed by atoms with Gasteiger partial charge in [-0.25, -0.2) is 0 Å². The van der Waals surface area contributed by atoms with E-state index in [1.165, 1.54) is 20.8 Å². The van der Waals surface area contributed by atoms with Gasteiger partial charge in [-0.3, -0.25) is 19.2 Å². The van der Waals surface area contributed by atoms with Crippen molar-refractivity contribution in [3.63, 3.8) is 0 Å². The average Bonchev–Trinajstić information content (AvgIpc) is 2.63. The average molecular weight is 454 g/mol. The normalized spacial score (nSPS) is 25.8. The molecule has 1 amide bonds. The van der Waals surface area contributed by atoms with Gasteiger partial charge >= 0.3 is 17.9 Å². The highest BCUT2D eigenvalue weighted by Crippen LogP contribution is 2.28. The number of nitrogens with one attached hydrogen (secondary N) is 1. The molecule has 1 N–H and O–H groups in total. The lowest BCUT2D eigenvalue weighted by molar-refractivity contribution is -0.279. The van der Waals surface area contributed by atoms with E-state index < -0.39 is 54.5 Å². The van der Waals surface area contributed by atoms with Crippen LogP contribution < -0.4 is 5.32 Å². The highest BCUT2D eigenvalue weighted by molar-refractivity contribution is 6.17. The Morgan fingerprint density at radius 3 is 2.07 bits per heavy atom. The van der Waals surface area contributed by atoms with Crippen LogP contribution in [0.1, 0.15) is 27.7 Å². The Morgan fingerprint density at radius 2 is 1.53 bits per heavy atom. The molecule has 0 aromatic rings. The maximum absolute atomic E-state index is 11.8. The topological polar surface area (TPSA) is 136 Å². The Hall–Kier alpha value is -1.95. The summed E-state index contributed by atoms with van der Waals surface area (Å²) in [5.74, 6) is -2.07. The van der Waals surface area contributed by atoms with Gasteiger partial charge in [0.1, 0.15) is 18.8 Å². The van der Waals surface area contributed by atoms with E-state index in [0.29, 0.717) is 12.5 Å².